The molecular formula is C14H18BrNO3S. The Balaban J connectivity index is 2.62. The van der Waals surface area contributed by atoms with Gasteiger partial charge in [0.05, 0.1) is 5.56 Å². The number of carbonyl (C=O) groups is 2. The molecule has 0 saturated heterocycles. The Morgan fingerprint density at radius 1 is 1.25 bits per heavy atom. The summed E-state index contributed by atoms with van der Waals surface area (Å²) in [5.74, 6) is -0.498. The molecule has 0 unspecified atom stereocenters. The van der Waals surface area contributed by atoms with Crippen molar-refractivity contribution in [1.82, 2.24) is 5.32 Å². The quantitative estimate of drug-likeness (QED) is 0.790. The molecule has 1 rings (SSSR count). The van der Waals surface area contributed by atoms with Crippen molar-refractivity contribution in [1.29, 1.82) is 0 Å². The highest BCUT2D eigenvalue weighted by Crippen LogP contribution is 2.22. The van der Waals surface area contributed by atoms with Crippen LogP contribution in [0.4, 0.5) is 0 Å². The first-order valence-corrected chi connectivity index (χ1v) is 7.93. The van der Waals surface area contributed by atoms with Crippen LogP contribution in [-0.2, 0) is 0 Å². The minimum Gasteiger partial charge on any atom is -0.478 e. The summed E-state index contributed by atoms with van der Waals surface area (Å²) in [4.78, 5) is 22.9. The van der Waals surface area contributed by atoms with Crippen LogP contribution in [0.25, 0.3) is 0 Å². The van der Waals surface area contributed by atoms with Crippen LogP contribution in [0.5, 0.6) is 0 Å². The van der Waals surface area contributed by atoms with E-state index in [4.69, 9.17) is 5.11 Å². The fraction of sp³-hybridized carbons (Fsp3) is 0.429. The zero-order chi connectivity index (χ0) is 15.3. The minimum atomic E-state index is -1.05. The predicted octanol–water partition coefficient (Wildman–Crippen LogP) is 3.41. The van der Waals surface area contributed by atoms with E-state index in [9.17, 15) is 9.59 Å². The Morgan fingerprint density at radius 2 is 1.85 bits per heavy atom. The van der Waals surface area contributed by atoms with Crippen LogP contribution in [0.2, 0.25) is 0 Å². The van der Waals surface area contributed by atoms with E-state index in [1.165, 1.54) is 12.1 Å². The average Bonchev–Trinajstić information content (AvgIpc) is 2.32. The molecule has 0 aliphatic heterocycles. The summed E-state index contributed by atoms with van der Waals surface area (Å²) in [6, 6.07) is 4.45. The van der Waals surface area contributed by atoms with Gasteiger partial charge in [-0.05, 0) is 18.2 Å². The molecule has 0 aromatic heterocycles. The van der Waals surface area contributed by atoms with E-state index in [1.54, 1.807) is 17.8 Å². The van der Waals surface area contributed by atoms with Gasteiger partial charge in [0.2, 0.25) is 0 Å². The second-order valence-corrected chi connectivity index (χ2v) is 8.09. The minimum absolute atomic E-state index is 0.0913. The number of benzene rings is 1. The standard InChI is InChI=1S/C14H18BrNO3S/c1-14(2,3)20-5-4-16-12(17)9-6-10(13(18)19)8-11(15)7-9/h6-8H,4-5H2,1-3H3,(H,16,17)(H,18,19). The molecule has 0 atom stereocenters. The number of carbonyl (C=O) groups excluding carboxylic acids is 1. The molecular weight excluding hydrogens is 342 g/mol. The van der Waals surface area contributed by atoms with Crippen LogP contribution in [0.15, 0.2) is 22.7 Å². The normalized spacial score (nSPS) is 11.2. The molecule has 0 spiro atoms. The van der Waals surface area contributed by atoms with Gasteiger partial charge in [-0.3, -0.25) is 4.79 Å². The smallest absolute Gasteiger partial charge is 0.335 e. The van der Waals surface area contributed by atoms with E-state index in [0.717, 1.165) is 5.75 Å². The Hall–Kier alpha value is -1.01. The van der Waals surface area contributed by atoms with Crippen molar-refractivity contribution in [3.8, 4) is 0 Å². The molecule has 0 saturated carbocycles. The van der Waals surface area contributed by atoms with Gasteiger partial charge < -0.3 is 10.4 Å². The van der Waals surface area contributed by atoms with Gasteiger partial charge in [-0.2, -0.15) is 11.8 Å². The number of hydrogen-bond donors (Lipinski definition) is 2. The SMILES string of the molecule is CC(C)(C)SCCNC(=O)c1cc(Br)cc(C(=O)O)c1. The van der Waals surface area contributed by atoms with Crippen molar-refractivity contribution < 1.29 is 14.7 Å². The van der Waals surface area contributed by atoms with Crippen molar-refractivity contribution >= 4 is 39.6 Å². The Labute approximate surface area is 131 Å². The zero-order valence-electron chi connectivity index (χ0n) is 11.7. The fourth-order valence-electron chi connectivity index (χ4n) is 1.47. The molecule has 20 heavy (non-hydrogen) atoms. The van der Waals surface area contributed by atoms with Crippen LogP contribution < -0.4 is 5.32 Å². The molecule has 1 aromatic rings. The van der Waals surface area contributed by atoms with E-state index < -0.39 is 5.97 Å². The van der Waals surface area contributed by atoms with Crippen molar-refractivity contribution in [3.63, 3.8) is 0 Å². The maximum Gasteiger partial charge on any atom is 0.335 e. The molecule has 1 aromatic carbocycles. The van der Waals surface area contributed by atoms with Crippen molar-refractivity contribution in [2.24, 2.45) is 0 Å². The number of aromatic carboxylic acids is 1. The lowest BCUT2D eigenvalue weighted by molar-refractivity contribution is 0.0697. The molecule has 0 aliphatic carbocycles. The van der Waals surface area contributed by atoms with E-state index in [1.807, 2.05) is 0 Å². The maximum atomic E-state index is 12.0. The second-order valence-electron chi connectivity index (χ2n) is 5.25. The molecule has 110 valence electrons. The first-order valence-electron chi connectivity index (χ1n) is 6.15. The lowest BCUT2D eigenvalue weighted by atomic mass is 10.1. The van der Waals surface area contributed by atoms with Crippen LogP contribution in [-0.4, -0.2) is 34.0 Å². The Morgan fingerprint density at radius 3 is 2.40 bits per heavy atom. The number of carboxylic acid groups (broad SMARTS) is 1. The van der Waals surface area contributed by atoms with Gasteiger partial charge in [-0.15, -0.1) is 0 Å². The maximum absolute atomic E-state index is 12.0. The first-order chi connectivity index (χ1) is 9.19. The molecule has 6 heteroatoms. The van der Waals surface area contributed by atoms with Crippen molar-refractivity contribution in [2.45, 2.75) is 25.5 Å². The van der Waals surface area contributed by atoms with Gasteiger partial charge in [0.1, 0.15) is 0 Å². The highest BCUT2D eigenvalue weighted by atomic mass is 79.9. The van der Waals surface area contributed by atoms with Gasteiger partial charge in [0.25, 0.3) is 5.91 Å². The van der Waals surface area contributed by atoms with E-state index >= 15 is 0 Å². The lowest BCUT2D eigenvalue weighted by Crippen LogP contribution is -2.27. The van der Waals surface area contributed by atoms with Gasteiger partial charge in [-0.25, -0.2) is 4.79 Å². The van der Waals surface area contributed by atoms with E-state index in [2.05, 4.69) is 42.0 Å². The summed E-state index contributed by atoms with van der Waals surface area (Å²) < 4.78 is 0.739. The predicted molar refractivity (Wildman–Crippen MR) is 85.6 cm³/mol. The monoisotopic (exact) mass is 359 g/mol. The largest absolute Gasteiger partial charge is 0.478 e. The van der Waals surface area contributed by atoms with Crippen molar-refractivity contribution in [3.05, 3.63) is 33.8 Å². The number of carboxylic acids is 1. The third-order valence-corrected chi connectivity index (χ3v) is 4.06. The highest BCUT2D eigenvalue weighted by Gasteiger charge is 2.13. The molecule has 2 N–H and O–H groups in total. The van der Waals surface area contributed by atoms with Crippen LogP contribution in [0.3, 0.4) is 0 Å². The third kappa shape index (κ3) is 5.96. The van der Waals surface area contributed by atoms with Gasteiger partial charge >= 0.3 is 5.97 Å². The molecule has 0 fully saturated rings. The van der Waals surface area contributed by atoms with Crippen LogP contribution in [0.1, 0.15) is 41.5 Å². The lowest BCUT2D eigenvalue weighted by Gasteiger charge is -2.17. The van der Waals surface area contributed by atoms with Crippen LogP contribution in [0, 0.1) is 0 Å². The summed E-state index contributed by atoms with van der Waals surface area (Å²) in [6.45, 7) is 6.91. The van der Waals surface area contributed by atoms with Gasteiger partial charge in [0, 0.05) is 27.1 Å². The highest BCUT2D eigenvalue weighted by molar-refractivity contribution is 9.10. The molecule has 1 amide bonds. The molecule has 0 bridgehead atoms. The topological polar surface area (TPSA) is 66.4 Å². The Kier molecular flexibility index (Phi) is 6.07. The van der Waals surface area contributed by atoms with Gasteiger partial charge in [0.15, 0.2) is 0 Å². The van der Waals surface area contributed by atoms with E-state index in [-0.39, 0.29) is 16.2 Å². The van der Waals surface area contributed by atoms with Crippen LogP contribution >= 0.6 is 27.7 Å². The molecule has 4 nitrogen and oxygen atoms in total. The number of rotatable bonds is 5. The third-order valence-electron chi connectivity index (χ3n) is 2.33. The fourth-order valence-corrected chi connectivity index (χ4v) is 2.78. The number of amides is 1. The summed E-state index contributed by atoms with van der Waals surface area (Å²) in [7, 11) is 0. The molecule has 0 heterocycles. The summed E-state index contributed by atoms with van der Waals surface area (Å²) >= 11 is 4.97. The zero-order valence-corrected chi connectivity index (χ0v) is 14.1. The molecule has 0 radical (unpaired) electrons. The second kappa shape index (κ2) is 7.13. The van der Waals surface area contributed by atoms with Crippen molar-refractivity contribution in [2.75, 3.05) is 12.3 Å². The number of nitrogens with one attached hydrogen (secondary N) is 1. The van der Waals surface area contributed by atoms with E-state index in [0.29, 0.717) is 16.6 Å². The average molecular weight is 360 g/mol. The number of thioether (sulfide) groups is 1. The Bertz CT molecular complexity index is 512. The molecule has 0 aliphatic rings. The summed E-state index contributed by atoms with van der Waals surface area (Å²) in [6.07, 6.45) is 0. The number of halogens is 1. The number of hydrogen-bond acceptors (Lipinski definition) is 3. The summed E-state index contributed by atoms with van der Waals surface area (Å²) in [5.41, 5.74) is 0.436. The first kappa shape index (κ1) is 17.0. The summed E-state index contributed by atoms with van der Waals surface area (Å²) in [5, 5.41) is 11.8. The van der Waals surface area contributed by atoms with Gasteiger partial charge in [-0.1, -0.05) is 36.7 Å².